The molecule has 1 aliphatic heterocycles. The molecular weight excluding hydrogens is 447 g/mol. The number of aliphatic imine (C=N–C) groups is 1. The van der Waals surface area contributed by atoms with Crippen molar-refractivity contribution in [3.8, 4) is 0 Å². The first-order chi connectivity index (χ1) is 11.5. The fourth-order valence-corrected chi connectivity index (χ4v) is 3.74. The zero-order valence-corrected chi connectivity index (χ0v) is 18.4. The second-order valence-corrected chi connectivity index (χ2v) is 8.23. The Labute approximate surface area is 172 Å². The van der Waals surface area contributed by atoms with E-state index in [9.17, 15) is 4.79 Å². The van der Waals surface area contributed by atoms with Gasteiger partial charge in [0.25, 0.3) is 0 Å². The molecule has 1 aromatic rings. The molecule has 1 heterocycles. The number of halogens is 1. The van der Waals surface area contributed by atoms with Crippen LogP contribution in [0, 0.1) is 0 Å². The molecule has 0 saturated carbocycles. The molecule has 5 nitrogen and oxygen atoms in total. The van der Waals surface area contributed by atoms with E-state index in [2.05, 4.69) is 34.7 Å². The lowest BCUT2D eigenvalue weighted by Crippen LogP contribution is -2.46. The van der Waals surface area contributed by atoms with Crippen LogP contribution in [0.1, 0.15) is 25.3 Å². The highest BCUT2D eigenvalue weighted by Gasteiger charge is 2.29. The van der Waals surface area contributed by atoms with E-state index >= 15 is 0 Å². The third kappa shape index (κ3) is 7.85. The Balaban J connectivity index is 0.00000312. The van der Waals surface area contributed by atoms with E-state index in [0.29, 0.717) is 12.5 Å². The molecule has 2 N–H and O–H groups in total. The van der Waals surface area contributed by atoms with Crippen LogP contribution in [0.4, 0.5) is 0 Å². The van der Waals surface area contributed by atoms with Crippen LogP contribution in [0.2, 0.25) is 0 Å². The van der Waals surface area contributed by atoms with Crippen molar-refractivity contribution in [2.24, 2.45) is 4.99 Å². The predicted molar refractivity (Wildman–Crippen MR) is 118 cm³/mol. The Morgan fingerprint density at radius 2 is 2.00 bits per heavy atom. The molecule has 0 aromatic heterocycles. The first kappa shape index (κ1) is 22.1. The number of guanidine groups is 1. The van der Waals surface area contributed by atoms with Crippen LogP contribution in [0.5, 0.6) is 0 Å². The van der Waals surface area contributed by atoms with E-state index in [1.165, 1.54) is 18.6 Å². The molecule has 25 heavy (non-hydrogen) atoms. The lowest BCUT2D eigenvalue weighted by Gasteiger charge is -2.24. The fourth-order valence-electron chi connectivity index (χ4n) is 2.49. The predicted octanol–water partition coefficient (Wildman–Crippen LogP) is 2.71. The Morgan fingerprint density at radius 1 is 1.28 bits per heavy atom. The summed E-state index contributed by atoms with van der Waals surface area (Å²) in [7, 11) is 3.52. The largest absolute Gasteiger partial charge is 0.355 e. The number of hydrogen-bond donors (Lipinski definition) is 2. The van der Waals surface area contributed by atoms with Gasteiger partial charge in [-0.1, -0.05) is 30.3 Å². The van der Waals surface area contributed by atoms with Gasteiger partial charge in [-0.2, -0.15) is 11.8 Å². The average molecular weight is 476 g/mol. The molecule has 1 fully saturated rings. The van der Waals surface area contributed by atoms with Gasteiger partial charge in [0, 0.05) is 25.4 Å². The van der Waals surface area contributed by atoms with Crippen LogP contribution in [-0.4, -0.2) is 54.5 Å². The summed E-state index contributed by atoms with van der Waals surface area (Å²) in [5, 5.41) is 6.56. The molecule has 0 bridgehead atoms. The summed E-state index contributed by atoms with van der Waals surface area (Å²) in [6.45, 7) is 3.99. The summed E-state index contributed by atoms with van der Waals surface area (Å²) in [4.78, 5) is 18.0. The standard InChI is InChI=1S/C18H28N4OS.HI/c1-18(10-7-11-24-18)14-21-17(20-13-16(23)22(2)3)19-12-15-8-5-4-6-9-15;/h4-6,8-9H,7,10-14H2,1-3H3,(H2,19,20,21);1H. The number of thioether (sulfide) groups is 1. The summed E-state index contributed by atoms with van der Waals surface area (Å²) in [5.74, 6) is 1.95. The highest BCUT2D eigenvalue weighted by molar-refractivity contribution is 14.0. The summed E-state index contributed by atoms with van der Waals surface area (Å²) in [6.07, 6.45) is 2.49. The minimum absolute atomic E-state index is 0. The Morgan fingerprint density at radius 3 is 2.60 bits per heavy atom. The van der Waals surface area contributed by atoms with Gasteiger partial charge in [0.05, 0.1) is 13.1 Å². The second-order valence-electron chi connectivity index (χ2n) is 6.55. The van der Waals surface area contributed by atoms with Crippen molar-refractivity contribution in [2.75, 3.05) is 32.9 Å². The quantitative estimate of drug-likeness (QED) is 0.377. The fraction of sp³-hybridized carbons (Fsp3) is 0.556. The summed E-state index contributed by atoms with van der Waals surface area (Å²) >= 11 is 2.01. The van der Waals surface area contributed by atoms with Crippen molar-refractivity contribution >= 4 is 47.6 Å². The van der Waals surface area contributed by atoms with Crippen LogP contribution in [0.3, 0.4) is 0 Å². The SMILES string of the molecule is CN(C)C(=O)CNC(=NCc1ccccc1)NCC1(C)CCCS1.I. The lowest BCUT2D eigenvalue weighted by molar-refractivity contribution is -0.127. The smallest absolute Gasteiger partial charge is 0.241 e. The number of nitrogens with zero attached hydrogens (tertiary/aromatic N) is 2. The summed E-state index contributed by atoms with van der Waals surface area (Å²) in [6, 6.07) is 10.1. The van der Waals surface area contributed by atoms with E-state index in [4.69, 9.17) is 0 Å². The minimum atomic E-state index is 0. The zero-order chi connectivity index (χ0) is 17.4. The number of hydrogen-bond acceptors (Lipinski definition) is 3. The van der Waals surface area contributed by atoms with Crippen molar-refractivity contribution < 1.29 is 4.79 Å². The number of carbonyl (C=O) groups excluding carboxylic acids is 1. The first-order valence-corrected chi connectivity index (χ1v) is 9.37. The molecule has 1 amide bonds. The van der Waals surface area contributed by atoms with Gasteiger partial charge in [-0.15, -0.1) is 24.0 Å². The van der Waals surface area contributed by atoms with Crippen LogP contribution in [0.25, 0.3) is 0 Å². The molecule has 0 aliphatic carbocycles. The molecule has 7 heteroatoms. The Kier molecular flexibility index (Phi) is 9.63. The van der Waals surface area contributed by atoms with Gasteiger partial charge in [-0.3, -0.25) is 4.79 Å². The maximum absolute atomic E-state index is 11.8. The zero-order valence-electron chi connectivity index (χ0n) is 15.2. The van der Waals surface area contributed by atoms with Gasteiger partial charge in [-0.25, -0.2) is 4.99 Å². The molecular formula is C18H29IN4OS. The third-order valence-electron chi connectivity index (χ3n) is 4.10. The van der Waals surface area contributed by atoms with Gasteiger partial charge >= 0.3 is 0 Å². The van der Waals surface area contributed by atoms with E-state index in [-0.39, 0.29) is 41.2 Å². The van der Waals surface area contributed by atoms with E-state index in [1.807, 2.05) is 30.0 Å². The number of benzene rings is 1. The molecule has 0 radical (unpaired) electrons. The van der Waals surface area contributed by atoms with Crippen LogP contribution < -0.4 is 10.6 Å². The highest BCUT2D eigenvalue weighted by Crippen LogP contribution is 2.36. The van der Waals surface area contributed by atoms with Gasteiger partial charge in [0.1, 0.15) is 0 Å². The Bertz CT molecular complexity index is 559. The van der Waals surface area contributed by atoms with Crippen molar-refractivity contribution in [1.29, 1.82) is 0 Å². The lowest BCUT2D eigenvalue weighted by atomic mass is 10.1. The first-order valence-electron chi connectivity index (χ1n) is 8.39. The number of carbonyl (C=O) groups is 1. The number of amides is 1. The van der Waals surface area contributed by atoms with Crippen LogP contribution >= 0.6 is 35.7 Å². The molecule has 1 aromatic carbocycles. The normalized spacial score (nSPS) is 19.9. The topological polar surface area (TPSA) is 56.7 Å². The highest BCUT2D eigenvalue weighted by atomic mass is 127. The molecule has 1 saturated heterocycles. The van der Waals surface area contributed by atoms with Crippen molar-refractivity contribution in [3.63, 3.8) is 0 Å². The Hall–Kier alpha value is -0.960. The summed E-state index contributed by atoms with van der Waals surface area (Å²) in [5.41, 5.74) is 1.15. The van der Waals surface area contributed by atoms with E-state index in [0.717, 1.165) is 12.1 Å². The van der Waals surface area contributed by atoms with Gasteiger partial charge in [-0.05, 0) is 31.1 Å². The van der Waals surface area contributed by atoms with E-state index < -0.39 is 0 Å². The maximum atomic E-state index is 11.8. The minimum Gasteiger partial charge on any atom is -0.355 e. The molecule has 2 rings (SSSR count). The molecule has 140 valence electrons. The number of rotatable bonds is 6. The van der Waals surface area contributed by atoms with Gasteiger partial charge in [0.2, 0.25) is 5.91 Å². The van der Waals surface area contributed by atoms with Gasteiger partial charge in [0.15, 0.2) is 5.96 Å². The molecule has 1 aliphatic rings. The summed E-state index contributed by atoms with van der Waals surface area (Å²) < 4.78 is 0.251. The molecule has 1 unspecified atom stereocenters. The maximum Gasteiger partial charge on any atom is 0.241 e. The monoisotopic (exact) mass is 476 g/mol. The molecule has 1 atom stereocenters. The number of likely N-dealkylation sites (N-methyl/N-ethyl adjacent to an activating group) is 1. The van der Waals surface area contributed by atoms with Crippen molar-refractivity contribution in [2.45, 2.75) is 31.1 Å². The van der Waals surface area contributed by atoms with Crippen molar-refractivity contribution in [3.05, 3.63) is 35.9 Å². The number of nitrogens with one attached hydrogen (secondary N) is 2. The van der Waals surface area contributed by atoms with E-state index in [1.54, 1.807) is 19.0 Å². The average Bonchev–Trinajstić information content (AvgIpc) is 3.01. The molecule has 0 spiro atoms. The van der Waals surface area contributed by atoms with Crippen LogP contribution in [0.15, 0.2) is 35.3 Å². The van der Waals surface area contributed by atoms with Crippen LogP contribution in [-0.2, 0) is 11.3 Å². The van der Waals surface area contributed by atoms with Gasteiger partial charge < -0.3 is 15.5 Å². The van der Waals surface area contributed by atoms with Crippen molar-refractivity contribution in [1.82, 2.24) is 15.5 Å². The third-order valence-corrected chi connectivity index (χ3v) is 5.64. The second kappa shape index (κ2) is 10.9.